The number of fused-ring (bicyclic) bond motifs is 2. The van der Waals surface area contributed by atoms with Crippen LogP contribution in [0.2, 0.25) is 0 Å². The van der Waals surface area contributed by atoms with E-state index in [0.717, 1.165) is 43.5 Å². The topological polar surface area (TPSA) is 54.5 Å². The van der Waals surface area contributed by atoms with Gasteiger partial charge in [0.2, 0.25) is 0 Å². The minimum absolute atomic E-state index is 0.0951. The number of nitrogens with zero attached hydrogens (tertiary/aromatic N) is 7. The zero-order valence-electron chi connectivity index (χ0n) is 19.5. The summed E-state index contributed by atoms with van der Waals surface area (Å²) in [7, 11) is 0. The molecule has 184 valence electrons. The van der Waals surface area contributed by atoms with Gasteiger partial charge >= 0.3 is 6.18 Å². The van der Waals surface area contributed by atoms with Crippen molar-refractivity contribution in [2.24, 2.45) is 0 Å². The Morgan fingerprint density at radius 3 is 2.43 bits per heavy atom. The van der Waals surface area contributed by atoms with Crippen molar-refractivity contribution >= 4 is 22.4 Å². The number of rotatable bonds is 5. The van der Waals surface area contributed by atoms with Crippen molar-refractivity contribution in [3.63, 3.8) is 0 Å². The fraction of sp³-hybridized carbons (Fsp3) is 0.480. The maximum absolute atomic E-state index is 13.3. The Hall–Kier alpha value is -3.14. The van der Waals surface area contributed by atoms with Crippen LogP contribution >= 0.6 is 0 Å². The van der Waals surface area contributed by atoms with Crippen molar-refractivity contribution < 1.29 is 13.2 Å². The van der Waals surface area contributed by atoms with Gasteiger partial charge in [0.05, 0.1) is 0 Å². The van der Waals surface area contributed by atoms with Crippen molar-refractivity contribution in [1.29, 1.82) is 0 Å². The molecule has 0 spiro atoms. The number of hydrogen-bond donors (Lipinski definition) is 0. The summed E-state index contributed by atoms with van der Waals surface area (Å²) in [5.74, 6) is -0.158. The quantitative estimate of drug-likeness (QED) is 0.416. The van der Waals surface area contributed by atoms with Gasteiger partial charge in [0, 0.05) is 43.3 Å². The SMILES string of the molecule is FC(F)(F)c1nnc2ccc(N3CCC(c4cn(CCN5CCCC5)c5ccccc45)CC3)nn12. The van der Waals surface area contributed by atoms with Crippen LogP contribution in [0.1, 0.15) is 43.0 Å². The number of hydrogen-bond acceptors (Lipinski definition) is 5. The molecular weight excluding hydrogens is 455 g/mol. The second-order valence-electron chi connectivity index (χ2n) is 9.59. The van der Waals surface area contributed by atoms with E-state index in [0.29, 0.717) is 11.7 Å². The van der Waals surface area contributed by atoms with E-state index in [1.807, 2.05) is 0 Å². The molecule has 0 unspecified atom stereocenters. The van der Waals surface area contributed by atoms with Crippen LogP contribution in [0.3, 0.4) is 0 Å². The molecule has 2 aliphatic rings. The van der Waals surface area contributed by atoms with Crippen LogP contribution in [-0.4, -0.2) is 62.0 Å². The van der Waals surface area contributed by atoms with Gasteiger partial charge in [-0.25, -0.2) is 0 Å². The summed E-state index contributed by atoms with van der Waals surface area (Å²) in [6, 6.07) is 11.9. The van der Waals surface area contributed by atoms with Crippen LogP contribution in [0, 0.1) is 0 Å². The van der Waals surface area contributed by atoms with E-state index < -0.39 is 12.0 Å². The first-order chi connectivity index (χ1) is 17.0. The van der Waals surface area contributed by atoms with E-state index in [4.69, 9.17) is 0 Å². The maximum Gasteiger partial charge on any atom is 0.453 e. The Kier molecular flexibility index (Phi) is 5.63. The monoisotopic (exact) mass is 483 g/mol. The van der Waals surface area contributed by atoms with Crippen molar-refractivity contribution in [3.8, 4) is 0 Å². The van der Waals surface area contributed by atoms with Crippen LogP contribution in [-0.2, 0) is 12.7 Å². The molecule has 0 aliphatic carbocycles. The highest BCUT2D eigenvalue weighted by molar-refractivity contribution is 5.84. The molecule has 3 aromatic heterocycles. The van der Waals surface area contributed by atoms with Crippen molar-refractivity contribution in [2.45, 2.75) is 44.3 Å². The zero-order chi connectivity index (χ0) is 24.0. The van der Waals surface area contributed by atoms with Crippen LogP contribution < -0.4 is 4.90 Å². The Morgan fingerprint density at radius 1 is 0.886 bits per heavy atom. The normalized spacial score (nSPS) is 18.3. The molecular formula is C25H28F3N7. The molecule has 6 rings (SSSR count). The van der Waals surface area contributed by atoms with Crippen molar-refractivity contribution in [3.05, 3.63) is 54.0 Å². The minimum Gasteiger partial charge on any atom is -0.355 e. The fourth-order valence-corrected chi connectivity index (χ4v) is 5.59. The molecule has 0 atom stereocenters. The van der Waals surface area contributed by atoms with Crippen molar-refractivity contribution in [2.75, 3.05) is 37.6 Å². The van der Waals surface area contributed by atoms with Crippen molar-refractivity contribution in [1.82, 2.24) is 29.3 Å². The van der Waals surface area contributed by atoms with Gasteiger partial charge in [0.25, 0.3) is 5.82 Å². The Labute approximate surface area is 201 Å². The summed E-state index contributed by atoms with van der Waals surface area (Å²) in [4.78, 5) is 4.60. The number of para-hydroxylation sites is 1. The van der Waals surface area contributed by atoms with Gasteiger partial charge in [-0.3, -0.25) is 0 Å². The smallest absolute Gasteiger partial charge is 0.355 e. The largest absolute Gasteiger partial charge is 0.453 e. The summed E-state index contributed by atoms with van der Waals surface area (Å²) in [5, 5.41) is 12.4. The Morgan fingerprint density at radius 2 is 1.66 bits per heavy atom. The van der Waals surface area contributed by atoms with Gasteiger partial charge < -0.3 is 14.4 Å². The highest BCUT2D eigenvalue weighted by Crippen LogP contribution is 2.36. The van der Waals surface area contributed by atoms with E-state index in [1.54, 1.807) is 12.1 Å². The predicted octanol–water partition coefficient (Wildman–Crippen LogP) is 4.58. The highest BCUT2D eigenvalue weighted by Gasteiger charge is 2.38. The Bertz CT molecular complexity index is 1330. The van der Waals surface area contributed by atoms with Gasteiger partial charge in [-0.05, 0) is 68.5 Å². The lowest BCUT2D eigenvalue weighted by molar-refractivity contribution is -0.146. The molecule has 0 bridgehead atoms. The Balaban J connectivity index is 1.20. The van der Waals surface area contributed by atoms with E-state index in [9.17, 15) is 13.2 Å². The first-order valence-corrected chi connectivity index (χ1v) is 12.3. The molecule has 10 heteroatoms. The zero-order valence-corrected chi connectivity index (χ0v) is 19.5. The standard InChI is InChI=1S/C25H28F3N7/c26-25(27,28)24-30-29-22-7-8-23(31-35(22)24)33-13-9-18(10-14-33)20-17-34(16-15-32-11-3-4-12-32)21-6-2-1-5-19(20)21/h1-2,5-8,17-18H,3-4,9-16H2. The number of anilines is 1. The second kappa shape index (κ2) is 8.82. The fourth-order valence-electron chi connectivity index (χ4n) is 5.59. The number of halogens is 3. The van der Waals surface area contributed by atoms with E-state index >= 15 is 0 Å². The number of alkyl halides is 3. The molecule has 0 saturated carbocycles. The molecule has 2 aliphatic heterocycles. The lowest BCUT2D eigenvalue weighted by atomic mass is 9.89. The van der Waals surface area contributed by atoms with Crippen LogP contribution in [0.4, 0.5) is 19.0 Å². The van der Waals surface area contributed by atoms with E-state index in [1.165, 1.54) is 42.4 Å². The summed E-state index contributed by atoms with van der Waals surface area (Å²) in [5.41, 5.74) is 2.75. The minimum atomic E-state index is -4.60. The number of likely N-dealkylation sites (tertiary alicyclic amines) is 1. The van der Waals surface area contributed by atoms with Gasteiger partial charge in [-0.15, -0.1) is 15.3 Å². The second-order valence-corrected chi connectivity index (χ2v) is 9.59. The first-order valence-electron chi connectivity index (χ1n) is 12.3. The van der Waals surface area contributed by atoms with Gasteiger partial charge in [-0.1, -0.05) is 18.2 Å². The van der Waals surface area contributed by atoms with Crippen LogP contribution in [0.25, 0.3) is 16.6 Å². The molecule has 7 nitrogen and oxygen atoms in total. The number of piperidine rings is 1. The predicted molar refractivity (Wildman–Crippen MR) is 128 cm³/mol. The molecule has 4 aromatic rings. The molecule has 0 radical (unpaired) electrons. The van der Waals surface area contributed by atoms with Crippen LogP contribution in [0.5, 0.6) is 0 Å². The molecule has 35 heavy (non-hydrogen) atoms. The lowest BCUT2D eigenvalue weighted by Gasteiger charge is -2.32. The van der Waals surface area contributed by atoms with E-state index in [-0.39, 0.29) is 5.65 Å². The third kappa shape index (κ3) is 4.24. The summed E-state index contributed by atoms with van der Waals surface area (Å²) in [6.07, 6.45) is 2.18. The molecule has 5 heterocycles. The molecule has 0 N–H and O–H groups in total. The van der Waals surface area contributed by atoms with Gasteiger partial charge in [0.1, 0.15) is 5.82 Å². The average molecular weight is 484 g/mol. The molecule has 2 fully saturated rings. The summed E-state index contributed by atoms with van der Waals surface area (Å²) in [6.45, 7) is 5.94. The average Bonchev–Trinajstić information content (AvgIpc) is 3.61. The first kappa shape index (κ1) is 22.3. The summed E-state index contributed by atoms with van der Waals surface area (Å²) >= 11 is 0. The third-order valence-corrected chi connectivity index (χ3v) is 7.44. The number of benzene rings is 1. The maximum atomic E-state index is 13.3. The lowest BCUT2D eigenvalue weighted by Crippen LogP contribution is -2.34. The van der Waals surface area contributed by atoms with E-state index in [2.05, 4.69) is 60.1 Å². The third-order valence-electron chi connectivity index (χ3n) is 7.44. The molecule has 1 aromatic carbocycles. The van der Waals surface area contributed by atoms with Crippen LogP contribution in [0.15, 0.2) is 42.6 Å². The van der Waals surface area contributed by atoms with Gasteiger partial charge in [-0.2, -0.15) is 17.7 Å². The van der Waals surface area contributed by atoms with Gasteiger partial charge in [0.15, 0.2) is 5.65 Å². The summed E-state index contributed by atoms with van der Waals surface area (Å²) < 4.78 is 43.0. The molecule has 2 saturated heterocycles. The number of aromatic nitrogens is 5. The molecule has 0 amide bonds. The highest BCUT2D eigenvalue weighted by atomic mass is 19.4.